The van der Waals surface area contributed by atoms with E-state index in [1.807, 2.05) is 30.3 Å². The summed E-state index contributed by atoms with van der Waals surface area (Å²) in [5, 5.41) is 8.82. The molecule has 0 spiro atoms. The minimum Gasteiger partial charge on any atom is -0.478 e. The summed E-state index contributed by atoms with van der Waals surface area (Å²) in [7, 11) is 0. The van der Waals surface area contributed by atoms with E-state index in [9.17, 15) is 4.79 Å². The van der Waals surface area contributed by atoms with Crippen LogP contribution in [0.4, 0.5) is 0 Å². The van der Waals surface area contributed by atoms with E-state index >= 15 is 0 Å². The molecular formula is C14H13NO2. The molecule has 1 aromatic carbocycles. The van der Waals surface area contributed by atoms with Crippen molar-refractivity contribution >= 4 is 5.97 Å². The molecule has 3 nitrogen and oxygen atoms in total. The number of carboxylic acids is 1. The topological polar surface area (TPSA) is 50.2 Å². The third-order valence-electron chi connectivity index (χ3n) is 2.79. The molecule has 86 valence electrons. The monoisotopic (exact) mass is 227 g/mol. The van der Waals surface area contributed by atoms with E-state index in [4.69, 9.17) is 5.11 Å². The second kappa shape index (κ2) is 4.78. The van der Waals surface area contributed by atoms with E-state index in [1.165, 1.54) is 0 Å². The maximum absolute atomic E-state index is 10.7. The van der Waals surface area contributed by atoms with Crippen LogP contribution in [0.15, 0.2) is 48.7 Å². The summed E-state index contributed by atoms with van der Waals surface area (Å²) in [4.78, 5) is 15.0. The Bertz CT molecular complexity index is 506. The van der Waals surface area contributed by atoms with Crippen LogP contribution in [-0.4, -0.2) is 16.1 Å². The van der Waals surface area contributed by atoms with Gasteiger partial charge in [0.2, 0.25) is 0 Å². The molecule has 0 saturated carbocycles. The number of hydrogen-bond acceptors (Lipinski definition) is 2. The molecule has 0 aliphatic carbocycles. The van der Waals surface area contributed by atoms with E-state index < -0.39 is 5.97 Å². The zero-order valence-electron chi connectivity index (χ0n) is 9.50. The van der Waals surface area contributed by atoms with Gasteiger partial charge < -0.3 is 5.11 Å². The second-order valence-electron chi connectivity index (χ2n) is 3.90. The smallest absolute Gasteiger partial charge is 0.335 e. The number of aromatic nitrogens is 1. The van der Waals surface area contributed by atoms with Crippen molar-refractivity contribution in [2.75, 3.05) is 0 Å². The predicted octanol–water partition coefficient (Wildman–Crippen LogP) is 2.93. The van der Waals surface area contributed by atoms with Gasteiger partial charge in [0.1, 0.15) is 0 Å². The van der Waals surface area contributed by atoms with Crippen LogP contribution in [0.3, 0.4) is 0 Å². The standard InChI is InChI=1S/C14H13NO2/c1-10(13-4-2-3-9-15-13)11-5-7-12(8-6-11)14(16)17/h2-10H,1H3,(H,16,17). The van der Waals surface area contributed by atoms with Crippen molar-refractivity contribution in [3.63, 3.8) is 0 Å². The van der Waals surface area contributed by atoms with Gasteiger partial charge >= 0.3 is 5.97 Å². The van der Waals surface area contributed by atoms with Crippen molar-refractivity contribution in [2.24, 2.45) is 0 Å². The van der Waals surface area contributed by atoms with Gasteiger partial charge in [-0.05, 0) is 29.8 Å². The van der Waals surface area contributed by atoms with Gasteiger partial charge in [-0.1, -0.05) is 25.1 Å². The van der Waals surface area contributed by atoms with Gasteiger partial charge in [0.25, 0.3) is 0 Å². The largest absolute Gasteiger partial charge is 0.478 e. The Morgan fingerprint density at radius 1 is 1.18 bits per heavy atom. The quantitative estimate of drug-likeness (QED) is 0.877. The lowest BCUT2D eigenvalue weighted by Crippen LogP contribution is -2.00. The van der Waals surface area contributed by atoms with E-state index in [-0.39, 0.29) is 5.92 Å². The molecule has 17 heavy (non-hydrogen) atoms. The molecule has 0 fully saturated rings. The first-order chi connectivity index (χ1) is 8.18. The molecular weight excluding hydrogens is 214 g/mol. The van der Waals surface area contributed by atoms with Gasteiger partial charge in [0.15, 0.2) is 0 Å². The van der Waals surface area contributed by atoms with Crippen molar-refractivity contribution in [1.82, 2.24) is 4.98 Å². The van der Waals surface area contributed by atoms with Crippen LogP contribution in [0.2, 0.25) is 0 Å². The van der Waals surface area contributed by atoms with Crippen molar-refractivity contribution in [3.8, 4) is 0 Å². The Kier molecular flexibility index (Phi) is 3.19. The minimum absolute atomic E-state index is 0.166. The zero-order valence-corrected chi connectivity index (χ0v) is 9.50. The van der Waals surface area contributed by atoms with Gasteiger partial charge in [0.05, 0.1) is 5.56 Å². The molecule has 1 heterocycles. The van der Waals surface area contributed by atoms with Crippen LogP contribution < -0.4 is 0 Å². The number of nitrogens with zero attached hydrogens (tertiary/aromatic N) is 1. The number of pyridine rings is 1. The molecule has 0 aliphatic rings. The Morgan fingerprint density at radius 3 is 2.41 bits per heavy atom. The number of hydrogen-bond donors (Lipinski definition) is 1. The Balaban J connectivity index is 2.26. The van der Waals surface area contributed by atoms with Crippen molar-refractivity contribution in [2.45, 2.75) is 12.8 Å². The molecule has 1 N–H and O–H groups in total. The van der Waals surface area contributed by atoms with E-state index in [0.29, 0.717) is 5.56 Å². The lowest BCUT2D eigenvalue weighted by atomic mass is 9.96. The molecule has 0 bridgehead atoms. The molecule has 0 saturated heterocycles. The van der Waals surface area contributed by atoms with Crippen LogP contribution in [0, 0.1) is 0 Å². The molecule has 1 unspecified atom stereocenters. The van der Waals surface area contributed by atoms with E-state index in [2.05, 4.69) is 11.9 Å². The van der Waals surface area contributed by atoms with E-state index in [1.54, 1.807) is 18.3 Å². The van der Waals surface area contributed by atoms with Gasteiger partial charge in [0, 0.05) is 17.8 Å². The summed E-state index contributed by atoms with van der Waals surface area (Å²) in [6.07, 6.45) is 1.76. The fourth-order valence-electron chi connectivity index (χ4n) is 1.72. The molecule has 2 aromatic rings. The number of aromatic carboxylic acids is 1. The highest BCUT2D eigenvalue weighted by Gasteiger charge is 2.10. The second-order valence-corrected chi connectivity index (χ2v) is 3.90. The van der Waals surface area contributed by atoms with Gasteiger partial charge in [-0.15, -0.1) is 0 Å². The third kappa shape index (κ3) is 2.50. The Labute approximate surface area is 99.8 Å². The summed E-state index contributed by atoms with van der Waals surface area (Å²) in [6, 6.07) is 12.7. The molecule has 1 aromatic heterocycles. The molecule has 0 radical (unpaired) electrons. The zero-order chi connectivity index (χ0) is 12.3. The molecule has 0 aliphatic heterocycles. The Hall–Kier alpha value is -2.16. The van der Waals surface area contributed by atoms with Crippen molar-refractivity contribution < 1.29 is 9.90 Å². The van der Waals surface area contributed by atoms with Crippen molar-refractivity contribution in [1.29, 1.82) is 0 Å². The molecule has 2 rings (SSSR count). The van der Waals surface area contributed by atoms with Gasteiger partial charge in [-0.2, -0.15) is 0 Å². The average Bonchev–Trinajstić information content (AvgIpc) is 2.39. The van der Waals surface area contributed by atoms with Crippen LogP contribution in [0.1, 0.15) is 34.5 Å². The van der Waals surface area contributed by atoms with Crippen molar-refractivity contribution in [3.05, 3.63) is 65.5 Å². The van der Waals surface area contributed by atoms with Crippen LogP contribution in [0.5, 0.6) is 0 Å². The molecule has 3 heteroatoms. The summed E-state index contributed by atoms with van der Waals surface area (Å²) < 4.78 is 0. The van der Waals surface area contributed by atoms with E-state index in [0.717, 1.165) is 11.3 Å². The summed E-state index contributed by atoms with van der Waals surface area (Å²) in [5.41, 5.74) is 2.35. The SMILES string of the molecule is CC(c1ccc(C(=O)O)cc1)c1ccccn1. The predicted molar refractivity (Wildman–Crippen MR) is 65.2 cm³/mol. The minimum atomic E-state index is -0.901. The van der Waals surface area contributed by atoms with Crippen LogP contribution >= 0.6 is 0 Å². The van der Waals surface area contributed by atoms with Crippen LogP contribution in [-0.2, 0) is 0 Å². The first kappa shape index (κ1) is 11.3. The Morgan fingerprint density at radius 2 is 1.88 bits per heavy atom. The van der Waals surface area contributed by atoms with Crippen LogP contribution in [0.25, 0.3) is 0 Å². The first-order valence-electron chi connectivity index (χ1n) is 5.42. The molecule has 0 amide bonds. The highest BCUT2D eigenvalue weighted by Crippen LogP contribution is 2.22. The highest BCUT2D eigenvalue weighted by molar-refractivity contribution is 5.87. The summed E-state index contributed by atoms with van der Waals surface area (Å²) >= 11 is 0. The molecule has 1 atom stereocenters. The third-order valence-corrected chi connectivity index (χ3v) is 2.79. The fraction of sp³-hybridized carbons (Fsp3) is 0.143. The number of carboxylic acid groups (broad SMARTS) is 1. The normalized spacial score (nSPS) is 12.1. The maximum Gasteiger partial charge on any atom is 0.335 e. The summed E-state index contributed by atoms with van der Waals surface area (Å²) in [5.74, 6) is -0.735. The highest BCUT2D eigenvalue weighted by atomic mass is 16.4. The average molecular weight is 227 g/mol. The van der Waals surface area contributed by atoms with Gasteiger partial charge in [-0.25, -0.2) is 4.79 Å². The maximum atomic E-state index is 10.7. The van der Waals surface area contributed by atoms with Gasteiger partial charge in [-0.3, -0.25) is 4.98 Å². The summed E-state index contributed by atoms with van der Waals surface area (Å²) in [6.45, 7) is 2.05. The fourth-order valence-corrected chi connectivity index (χ4v) is 1.72. The number of benzene rings is 1. The number of carbonyl (C=O) groups is 1. The first-order valence-corrected chi connectivity index (χ1v) is 5.42. The number of rotatable bonds is 3. The lowest BCUT2D eigenvalue weighted by molar-refractivity contribution is 0.0697. The lowest BCUT2D eigenvalue weighted by Gasteiger charge is -2.11.